The number of rotatable bonds is 6. The number of tetrazole rings is 1. The Morgan fingerprint density at radius 1 is 1.17 bits per heavy atom. The predicted octanol–water partition coefficient (Wildman–Crippen LogP) is 2.10. The van der Waals surface area contributed by atoms with Crippen LogP contribution in [0.25, 0.3) is 5.69 Å². The van der Waals surface area contributed by atoms with Crippen molar-refractivity contribution in [1.82, 2.24) is 25.6 Å². The number of amides is 1. The molecule has 0 bridgehead atoms. The number of nitrogens with one attached hydrogen (secondary N) is 2. The molecule has 1 aromatic heterocycles. The minimum Gasteiger partial charge on any atom is -0.458 e. The Morgan fingerprint density at radius 3 is 2.52 bits per heavy atom. The van der Waals surface area contributed by atoms with Crippen molar-refractivity contribution in [2.24, 2.45) is 5.41 Å². The lowest BCUT2D eigenvalue weighted by molar-refractivity contribution is -0.146. The minimum atomic E-state index is -0.982. The van der Waals surface area contributed by atoms with Crippen molar-refractivity contribution in [3.05, 3.63) is 64.9 Å². The number of anilines is 1. The molecule has 2 aromatic carbocycles. The number of aromatic nitrogens is 4. The number of nitrogens with zero attached hydrogens (tertiary/aromatic N) is 4. The third-order valence-corrected chi connectivity index (χ3v) is 5.27. The number of para-hydroxylation sites is 1. The Labute approximate surface area is 171 Å². The number of hydrazine groups is 1. The average molecular weight is 410 g/mol. The Hall–Kier alpha value is -3.53. The quantitative estimate of drug-likeness (QED) is 0.474. The first-order chi connectivity index (χ1) is 14.0. The summed E-state index contributed by atoms with van der Waals surface area (Å²) in [6.07, 6.45) is -0.768. The number of benzene rings is 2. The van der Waals surface area contributed by atoms with Crippen LogP contribution in [0.5, 0.6) is 0 Å². The second-order valence-electron chi connectivity index (χ2n) is 6.90. The van der Waals surface area contributed by atoms with Crippen LogP contribution in [0.2, 0.25) is 0 Å². The molecule has 1 amide bonds. The maximum absolute atomic E-state index is 12.9. The highest BCUT2D eigenvalue weighted by Crippen LogP contribution is 2.41. The minimum absolute atomic E-state index is 0.225. The molecule has 1 aliphatic heterocycles. The molecule has 1 fully saturated rings. The number of ether oxygens (including phenoxy) is 1. The molecule has 2 N–H and O–H groups in total. The van der Waals surface area contributed by atoms with Crippen molar-refractivity contribution in [2.75, 3.05) is 11.6 Å². The van der Waals surface area contributed by atoms with E-state index in [1.165, 1.54) is 4.68 Å². The van der Waals surface area contributed by atoms with Gasteiger partial charge in [-0.25, -0.2) is 4.68 Å². The van der Waals surface area contributed by atoms with E-state index >= 15 is 0 Å². The van der Waals surface area contributed by atoms with Crippen molar-refractivity contribution in [1.29, 1.82) is 0 Å². The maximum atomic E-state index is 12.9. The maximum Gasteiger partial charge on any atom is 0.293 e. The summed E-state index contributed by atoms with van der Waals surface area (Å²) >= 11 is 5.10. The van der Waals surface area contributed by atoms with E-state index in [9.17, 15) is 9.59 Å². The lowest BCUT2D eigenvalue weighted by Crippen LogP contribution is -2.37. The summed E-state index contributed by atoms with van der Waals surface area (Å²) in [6, 6.07) is 16.6. The van der Waals surface area contributed by atoms with Gasteiger partial charge in [-0.15, -0.1) is 0 Å². The zero-order valence-corrected chi connectivity index (χ0v) is 16.3. The molecule has 2 unspecified atom stereocenters. The molecule has 9 nitrogen and oxygen atoms in total. The van der Waals surface area contributed by atoms with Crippen molar-refractivity contribution in [2.45, 2.75) is 13.0 Å². The fourth-order valence-electron chi connectivity index (χ4n) is 3.47. The first kappa shape index (κ1) is 18.8. The Balaban J connectivity index is 1.65. The van der Waals surface area contributed by atoms with Gasteiger partial charge in [0.05, 0.1) is 17.9 Å². The zero-order chi connectivity index (χ0) is 20.4. The van der Waals surface area contributed by atoms with Gasteiger partial charge >= 0.3 is 0 Å². The monoisotopic (exact) mass is 410 g/mol. The van der Waals surface area contributed by atoms with Gasteiger partial charge in [-0.1, -0.05) is 40.6 Å². The third kappa shape index (κ3) is 3.38. The van der Waals surface area contributed by atoms with E-state index in [1.54, 1.807) is 36.2 Å². The predicted molar refractivity (Wildman–Crippen MR) is 106 cm³/mol. The van der Waals surface area contributed by atoms with E-state index in [4.69, 9.17) is 17.0 Å². The molecular weight excluding hydrogens is 392 g/mol. The van der Waals surface area contributed by atoms with Crippen molar-refractivity contribution < 1.29 is 14.3 Å². The van der Waals surface area contributed by atoms with Crippen molar-refractivity contribution in [3.8, 4) is 5.69 Å². The first-order valence-corrected chi connectivity index (χ1v) is 9.27. The Bertz CT molecular complexity index is 1080. The molecular formula is C19H18N6O3S. The number of carbonyl (C=O) groups is 2. The zero-order valence-electron chi connectivity index (χ0n) is 15.5. The molecule has 0 aliphatic carbocycles. The summed E-state index contributed by atoms with van der Waals surface area (Å²) in [6.45, 7) is 2.49. The van der Waals surface area contributed by atoms with Gasteiger partial charge in [-0.3, -0.25) is 20.0 Å². The van der Waals surface area contributed by atoms with Crippen LogP contribution in [-0.4, -0.2) is 39.1 Å². The van der Waals surface area contributed by atoms with Crippen molar-refractivity contribution in [3.63, 3.8) is 0 Å². The smallest absolute Gasteiger partial charge is 0.293 e. The Morgan fingerprint density at radius 2 is 1.90 bits per heavy atom. The molecule has 2 atom stereocenters. The van der Waals surface area contributed by atoms with Crippen LogP contribution in [0, 0.1) is 10.2 Å². The van der Waals surface area contributed by atoms with E-state index in [0.717, 1.165) is 11.4 Å². The largest absolute Gasteiger partial charge is 0.458 e. The van der Waals surface area contributed by atoms with Crippen LogP contribution in [0.15, 0.2) is 54.6 Å². The highest BCUT2D eigenvalue weighted by atomic mass is 32.1. The van der Waals surface area contributed by atoms with E-state index < -0.39 is 11.5 Å². The molecule has 1 saturated heterocycles. The van der Waals surface area contributed by atoms with Gasteiger partial charge in [0.25, 0.3) is 6.47 Å². The highest BCUT2D eigenvalue weighted by molar-refractivity contribution is 7.71. The first-order valence-electron chi connectivity index (χ1n) is 8.86. The molecule has 0 saturated carbocycles. The van der Waals surface area contributed by atoms with Gasteiger partial charge in [0.1, 0.15) is 11.5 Å². The van der Waals surface area contributed by atoms with Gasteiger partial charge in [-0.2, -0.15) is 5.21 Å². The van der Waals surface area contributed by atoms with E-state index in [0.29, 0.717) is 23.4 Å². The van der Waals surface area contributed by atoms with Crippen LogP contribution in [-0.2, 0) is 14.3 Å². The van der Waals surface area contributed by atoms with Gasteiger partial charge in [-0.05, 0) is 49.0 Å². The summed E-state index contributed by atoms with van der Waals surface area (Å²) in [4.78, 5) is 24.1. The molecule has 10 heteroatoms. The fraction of sp³-hybridized carbons (Fsp3) is 0.211. The molecule has 1 aliphatic rings. The summed E-state index contributed by atoms with van der Waals surface area (Å²) in [5.74, 6) is -0.225. The van der Waals surface area contributed by atoms with Crippen LogP contribution < -0.4 is 10.4 Å². The molecule has 29 heavy (non-hydrogen) atoms. The third-order valence-electron chi connectivity index (χ3n) is 5.01. The molecule has 4 rings (SSSR count). The number of carbonyl (C=O) groups excluding carboxylic acids is 2. The highest BCUT2D eigenvalue weighted by Gasteiger charge is 2.50. The van der Waals surface area contributed by atoms with Gasteiger partial charge in [0.15, 0.2) is 0 Å². The van der Waals surface area contributed by atoms with Gasteiger partial charge < -0.3 is 4.74 Å². The van der Waals surface area contributed by atoms with Crippen LogP contribution in [0.4, 0.5) is 5.69 Å². The summed E-state index contributed by atoms with van der Waals surface area (Å²) < 4.78 is 7.22. The summed E-state index contributed by atoms with van der Waals surface area (Å²) in [7, 11) is 0. The van der Waals surface area contributed by atoms with Crippen LogP contribution in [0.3, 0.4) is 0 Å². The number of hydrogen-bond acceptors (Lipinski definition) is 7. The van der Waals surface area contributed by atoms with Crippen molar-refractivity contribution >= 4 is 30.3 Å². The van der Waals surface area contributed by atoms with E-state index in [-0.39, 0.29) is 5.91 Å². The lowest BCUT2D eigenvalue weighted by atomic mass is 9.80. The second kappa shape index (κ2) is 7.47. The summed E-state index contributed by atoms with van der Waals surface area (Å²) in [5, 5.41) is 11.8. The number of H-pyrrole nitrogens is 1. The van der Waals surface area contributed by atoms with Gasteiger partial charge in [0, 0.05) is 0 Å². The average Bonchev–Trinajstić information content (AvgIpc) is 3.30. The standard InChI is InChI=1S/C19H18N6O3S/c1-19(11-24(21-17(19)27)14-5-3-2-4-6-14)16(28-12-26)13-7-9-15(10-8-13)25-18(29)20-22-23-25/h2-10,12,16H,11H2,1H3,(H,21,27)(H,20,23,29). The molecule has 2 heterocycles. The lowest BCUT2D eigenvalue weighted by Gasteiger charge is -2.30. The number of hydrogen-bond donors (Lipinski definition) is 2. The molecule has 0 spiro atoms. The van der Waals surface area contributed by atoms with Gasteiger partial charge in [0.2, 0.25) is 10.7 Å². The second-order valence-corrected chi connectivity index (χ2v) is 7.27. The SMILES string of the molecule is CC1(C(OC=O)c2ccc(-n3[nH]nnc3=S)cc2)CN(c2ccccc2)NC1=O. The van der Waals surface area contributed by atoms with Crippen LogP contribution in [0.1, 0.15) is 18.6 Å². The van der Waals surface area contributed by atoms with Crippen LogP contribution >= 0.6 is 12.2 Å². The molecule has 3 aromatic rings. The number of aromatic amines is 1. The molecule has 148 valence electrons. The topological polar surface area (TPSA) is 105 Å². The summed E-state index contributed by atoms with van der Waals surface area (Å²) in [5.41, 5.74) is 4.15. The fourth-order valence-corrected chi connectivity index (χ4v) is 3.66. The normalized spacial score (nSPS) is 19.6. The van der Waals surface area contributed by atoms with E-state index in [1.807, 2.05) is 30.3 Å². The molecule has 0 radical (unpaired) electrons. The van der Waals surface area contributed by atoms with E-state index in [2.05, 4.69) is 21.0 Å². The Kier molecular flexibility index (Phi) is 4.85.